The number of piperidine rings is 3. The maximum absolute atomic E-state index is 13.7. The van der Waals surface area contributed by atoms with Gasteiger partial charge in [-0.25, -0.2) is 15.0 Å². The van der Waals surface area contributed by atoms with Crippen LogP contribution in [0.3, 0.4) is 0 Å². The van der Waals surface area contributed by atoms with Gasteiger partial charge in [0.05, 0.1) is 23.9 Å². The summed E-state index contributed by atoms with van der Waals surface area (Å²) in [6.07, 6.45) is 11.9. The molecule has 7 heterocycles. The molecule has 0 radical (unpaired) electrons. The molecule has 5 aliphatic heterocycles. The van der Waals surface area contributed by atoms with Gasteiger partial charge in [0.2, 0.25) is 23.6 Å². The van der Waals surface area contributed by atoms with Crippen LogP contribution >= 0.6 is 0 Å². The van der Waals surface area contributed by atoms with E-state index in [4.69, 9.17) is 4.98 Å². The highest BCUT2D eigenvalue weighted by atomic mass is 16.2. The molecule has 18 heteroatoms. The minimum atomic E-state index is -0.994. The first kappa shape index (κ1) is 47.1. The summed E-state index contributed by atoms with van der Waals surface area (Å²) in [5, 5.41) is 8.88. The summed E-state index contributed by atoms with van der Waals surface area (Å²) >= 11 is 0. The molecule has 2 aromatic heterocycles. The molecular formula is C54H62N12O6. The molecule has 3 N–H and O–H groups in total. The van der Waals surface area contributed by atoms with Crippen LogP contribution in [0.2, 0.25) is 0 Å². The van der Waals surface area contributed by atoms with Crippen molar-refractivity contribution in [1.29, 1.82) is 0 Å². The molecule has 11 rings (SSSR count). The first-order valence-corrected chi connectivity index (χ1v) is 25.9. The zero-order valence-corrected chi connectivity index (χ0v) is 40.6. The lowest BCUT2D eigenvalue weighted by Crippen LogP contribution is -2.54. The average Bonchev–Trinajstić information content (AvgIpc) is 3.93. The van der Waals surface area contributed by atoms with Crippen molar-refractivity contribution in [3.8, 4) is 0 Å². The Bertz CT molecular complexity index is 2840. The third-order valence-electron chi connectivity index (χ3n) is 16.0. The van der Waals surface area contributed by atoms with E-state index >= 15 is 0 Å². The molecule has 0 bridgehead atoms. The number of imide groups is 2. The van der Waals surface area contributed by atoms with Crippen LogP contribution in [-0.2, 0) is 25.6 Å². The predicted molar refractivity (Wildman–Crippen MR) is 271 cm³/mol. The van der Waals surface area contributed by atoms with Gasteiger partial charge in [-0.15, -0.1) is 0 Å². The second-order valence-electron chi connectivity index (χ2n) is 20.4. The zero-order valence-electron chi connectivity index (χ0n) is 40.6. The molecule has 374 valence electrons. The lowest BCUT2D eigenvalue weighted by atomic mass is 9.86. The number of amides is 6. The summed E-state index contributed by atoms with van der Waals surface area (Å²) in [6, 6.07) is 23.0. The van der Waals surface area contributed by atoms with Gasteiger partial charge < -0.3 is 29.9 Å². The third-order valence-corrected chi connectivity index (χ3v) is 16.0. The van der Waals surface area contributed by atoms with Crippen LogP contribution in [0.15, 0.2) is 85.5 Å². The summed E-state index contributed by atoms with van der Waals surface area (Å²) in [6.45, 7) is 7.79. The van der Waals surface area contributed by atoms with Gasteiger partial charge in [0, 0.05) is 93.8 Å². The number of nitrogens with zero attached hydrogens (tertiary/aromatic N) is 9. The first-order valence-electron chi connectivity index (χ1n) is 25.9. The van der Waals surface area contributed by atoms with Crippen LogP contribution in [0, 0.1) is 11.8 Å². The topological polar surface area (TPSA) is 198 Å². The van der Waals surface area contributed by atoms with Crippen molar-refractivity contribution < 1.29 is 28.8 Å². The van der Waals surface area contributed by atoms with Crippen LogP contribution in [0.4, 0.5) is 22.9 Å². The molecule has 6 amide bonds. The van der Waals surface area contributed by atoms with Crippen molar-refractivity contribution in [2.24, 2.45) is 11.8 Å². The van der Waals surface area contributed by atoms with Crippen molar-refractivity contribution >= 4 is 69.5 Å². The molecule has 72 heavy (non-hydrogen) atoms. The number of nitrogens with one attached hydrogen (secondary N) is 3. The van der Waals surface area contributed by atoms with Crippen LogP contribution in [0.5, 0.6) is 0 Å². The highest BCUT2D eigenvalue weighted by Gasteiger charge is 2.45. The van der Waals surface area contributed by atoms with E-state index in [-0.39, 0.29) is 53.8 Å². The maximum atomic E-state index is 13.7. The Morgan fingerprint density at radius 1 is 0.722 bits per heavy atom. The summed E-state index contributed by atoms with van der Waals surface area (Å²) in [5.74, 6) is -0.416. The van der Waals surface area contributed by atoms with Crippen LogP contribution in [-0.4, -0.2) is 141 Å². The minimum Gasteiger partial charge on any atom is -0.372 e. The number of hydrogen-bond donors (Lipinski definition) is 3. The van der Waals surface area contributed by atoms with E-state index in [1.54, 1.807) is 18.5 Å². The number of imidazole rings is 1. The van der Waals surface area contributed by atoms with Crippen molar-refractivity contribution in [3.63, 3.8) is 0 Å². The number of aromatic nitrogens is 4. The van der Waals surface area contributed by atoms with Gasteiger partial charge in [0.25, 0.3) is 11.8 Å². The number of rotatable bonds is 14. The van der Waals surface area contributed by atoms with Crippen LogP contribution < -0.4 is 25.8 Å². The summed E-state index contributed by atoms with van der Waals surface area (Å²) in [5.41, 5.74) is 6.05. The number of carbonyl (C=O) groups is 6. The molecule has 0 spiro atoms. The Morgan fingerprint density at radius 2 is 1.43 bits per heavy atom. The molecule has 18 nitrogen and oxygen atoms in total. The Kier molecular flexibility index (Phi) is 13.4. The normalized spacial score (nSPS) is 22.2. The second-order valence-corrected chi connectivity index (χ2v) is 20.4. The third kappa shape index (κ3) is 9.88. The van der Waals surface area contributed by atoms with Gasteiger partial charge in [-0.2, -0.15) is 0 Å². The highest BCUT2D eigenvalue weighted by molar-refractivity contribution is 6.23. The number of carbonyl (C=O) groups excluding carboxylic acids is 6. The quantitative estimate of drug-likeness (QED) is 0.125. The lowest BCUT2D eigenvalue weighted by Gasteiger charge is -2.39. The largest absolute Gasteiger partial charge is 0.372 e. The number of anilines is 4. The fourth-order valence-electron chi connectivity index (χ4n) is 11.7. The number of benzene rings is 3. The standard InChI is InChI=1S/C54H62N12O6/c67-46-15-14-45(51(69)60-46)66-53(71)43-13-12-41(32-44(43)54(66)72)63-23-18-37(19-24-63)52(70)64-27-25-61(26-28-64)20-4-7-35-16-21-62(22-17-35)40-10-8-38(9-11-40)59-49-48-50(56-33-55-49)65(34-57-48)42-30-39(31-42)58-47(68)29-36-5-2-1-3-6-36/h1-3,5-6,8-13,32-35,37,39,42,45H,4,7,14-31H2,(H,58,68)(H,55,56,59)(H,60,67,69)/t39?,42?,45-/m0/s1. The average molecular weight is 975 g/mol. The van der Waals surface area contributed by atoms with Crippen molar-refractivity contribution in [2.75, 3.05) is 74.0 Å². The molecular weight excluding hydrogens is 913 g/mol. The second kappa shape index (κ2) is 20.5. The van der Waals surface area contributed by atoms with Gasteiger partial charge in [-0.1, -0.05) is 30.3 Å². The van der Waals surface area contributed by atoms with Crippen molar-refractivity contribution in [3.05, 3.63) is 102 Å². The van der Waals surface area contributed by atoms with Gasteiger partial charge in [-0.05, 0) is 118 Å². The minimum absolute atomic E-state index is 0.0392. The summed E-state index contributed by atoms with van der Waals surface area (Å²) in [4.78, 5) is 101. The van der Waals surface area contributed by atoms with E-state index < -0.39 is 29.7 Å². The monoisotopic (exact) mass is 974 g/mol. The van der Waals surface area contributed by atoms with Crippen LogP contribution in [0.1, 0.15) is 96.5 Å². The first-order chi connectivity index (χ1) is 35.1. The number of fused-ring (bicyclic) bond motifs is 2. The van der Waals surface area contributed by atoms with E-state index in [1.807, 2.05) is 47.6 Å². The van der Waals surface area contributed by atoms with E-state index in [0.29, 0.717) is 31.2 Å². The van der Waals surface area contributed by atoms with Crippen molar-refractivity contribution in [2.45, 2.75) is 88.8 Å². The summed E-state index contributed by atoms with van der Waals surface area (Å²) in [7, 11) is 0. The SMILES string of the molecule is O=C1CC[C@H](N2C(=O)c3ccc(N4CCC(C(=O)N5CCN(CCCC6CCN(c7ccc(Nc8ncnc9c8ncn9C8CC(NC(=O)Cc9ccccc9)C8)cc7)CC6)CC5)CC4)cc3C2=O)C(=O)N1. The van der Waals surface area contributed by atoms with Crippen molar-refractivity contribution in [1.82, 2.24) is 44.9 Å². The fourth-order valence-corrected chi connectivity index (χ4v) is 11.7. The van der Waals surface area contributed by atoms with E-state index in [9.17, 15) is 28.8 Å². The predicted octanol–water partition coefficient (Wildman–Crippen LogP) is 5.09. The van der Waals surface area contributed by atoms with E-state index in [1.165, 1.54) is 24.9 Å². The molecule has 4 saturated heterocycles. The number of hydrogen-bond acceptors (Lipinski definition) is 13. The van der Waals surface area contributed by atoms with E-state index in [2.05, 4.69) is 69.5 Å². The molecule has 1 saturated carbocycles. The molecule has 5 fully saturated rings. The summed E-state index contributed by atoms with van der Waals surface area (Å²) < 4.78 is 2.11. The molecule has 6 aliphatic rings. The zero-order chi connectivity index (χ0) is 49.3. The maximum Gasteiger partial charge on any atom is 0.262 e. The van der Waals surface area contributed by atoms with Gasteiger partial charge in [0.15, 0.2) is 17.0 Å². The van der Waals surface area contributed by atoms with Gasteiger partial charge in [0.1, 0.15) is 12.4 Å². The van der Waals surface area contributed by atoms with Gasteiger partial charge >= 0.3 is 0 Å². The Labute approximate surface area is 418 Å². The molecule has 3 aromatic carbocycles. The Morgan fingerprint density at radius 3 is 2.18 bits per heavy atom. The molecule has 5 aromatic rings. The molecule has 0 unspecified atom stereocenters. The van der Waals surface area contributed by atoms with Crippen LogP contribution in [0.25, 0.3) is 11.2 Å². The Hall–Kier alpha value is -7.21. The smallest absolute Gasteiger partial charge is 0.262 e. The lowest BCUT2D eigenvalue weighted by molar-refractivity contribution is -0.138. The highest BCUT2D eigenvalue weighted by Crippen LogP contribution is 2.37. The van der Waals surface area contributed by atoms with E-state index in [0.717, 1.165) is 111 Å². The number of piperazine rings is 1. The van der Waals surface area contributed by atoms with Gasteiger partial charge in [-0.3, -0.25) is 43.9 Å². The fraction of sp³-hybridized carbons (Fsp3) is 0.463. The molecule has 1 atom stereocenters. The Balaban J connectivity index is 0.574. The molecule has 1 aliphatic carbocycles.